The highest BCUT2D eigenvalue weighted by Crippen LogP contribution is 2.43. The number of halogens is 6. The van der Waals surface area contributed by atoms with E-state index in [0.29, 0.717) is 6.07 Å². The van der Waals surface area contributed by atoms with E-state index >= 15 is 0 Å². The van der Waals surface area contributed by atoms with E-state index in [2.05, 4.69) is 14.7 Å². The SMILES string of the molecule is OC(O)(c1cc2c(C(F)(F)F)onc2c2ncccc12)C(F)(F)F. The van der Waals surface area contributed by atoms with Crippen LogP contribution < -0.4 is 0 Å². The molecule has 2 heterocycles. The number of hydrogen-bond acceptors (Lipinski definition) is 5. The predicted molar refractivity (Wildman–Crippen MR) is 66.5 cm³/mol. The number of alkyl halides is 6. The van der Waals surface area contributed by atoms with E-state index in [4.69, 9.17) is 0 Å². The van der Waals surface area contributed by atoms with Gasteiger partial charge in [-0.1, -0.05) is 11.2 Å². The third-order valence-corrected chi connectivity index (χ3v) is 3.37. The molecule has 0 fully saturated rings. The number of pyridine rings is 1. The monoisotopic (exact) mass is 352 g/mol. The summed E-state index contributed by atoms with van der Waals surface area (Å²) in [6.45, 7) is 0. The van der Waals surface area contributed by atoms with Crippen LogP contribution in [0.5, 0.6) is 0 Å². The first kappa shape index (κ1) is 16.5. The maximum absolute atomic E-state index is 12.9. The molecular weight excluding hydrogens is 346 g/mol. The van der Waals surface area contributed by atoms with E-state index in [1.807, 2.05) is 0 Å². The van der Waals surface area contributed by atoms with Gasteiger partial charge in [-0.05, 0) is 12.1 Å². The zero-order valence-corrected chi connectivity index (χ0v) is 11.3. The van der Waals surface area contributed by atoms with Gasteiger partial charge in [-0.3, -0.25) is 4.98 Å². The molecule has 0 aliphatic heterocycles. The van der Waals surface area contributed by atoms with Gasteiger partial charge in [0.05, 0.1) is 5.39 Å². The molecule has 3 rings (SSSR count). The van der Waals surface area contributed by atoms with Crippen molar-refractivity contribution in [3.63, 3.8) is 0 Å². The van der Waals surface area contributed by atoms with E-state index in [-0.39, 0.29) is 5.52 Å². The van der Waals surface area contributed by atoms with Crippen molar-refractivity contribution in [1.82, 2.24) is 10.1 Å². The fourth-order valence-corrected chi connectivity index (χ4v) is 2.28. The smallest absolute Gasteiger partial charge is 0.355 e. The molecule has 2 aromatic heterocycles. The first-order valence-corrected chi connectivity index (χ1v) is 6.21. The second-order valence-corrected chi connectivity index (χ2v) is 4.90. The predicted octanol–water partition coefficient (Wildman–Crippen LogP) is 3.09. The Morgan fingerprint density at radius 1 is 0.958 bits per heavy atom. The molecule has 0 unspecified atom stereocenters. The lowest BCUT2D eigenvalue weighted by Gasteiger charge is -2.26. The van der Waals surface area contributed by atoms with Crippen LogP contribution in [-0.2, 0) is 12.0 Å². The summed E-state index contributed by atoms with van der Waals surface area (Å²) in [5.74, 6) is -6.05. The summed E-state index contributed by atoms with van der Waals surface area (Å²) >= 11 is 0. The Morgan fingerprint density at radius 3 is 2.21 bits per heavy atom. The topological polar surface area (TPSA) is 79.4 Å². The van der Waals surface area contributed by atoms with Gasteiger partial charge in [-0.2, -0.15) is 26.3 Å². The van der Waals surface area contributed by atoms with Gasteiger partial charge >= 0.3 is 12.4 Å². The summed E-state index contributed by atoms with van der Waals surface area (Å²) in [4.78, 5) is 3.68. The van der Waals surface area contributed by atoms with E-state index in [1.165, 1.54) is 6.07 Å². The normalized spacial score (nSPS) is 13.8. The van der Waals surface area contributed by atoms with Crippen molar-refractivity contribution < 1.29 is 41.1 Å². The Labute approximate surface area is 128 Å². The summed E-state index contributed by atoms with van der Waals surface area (Å²) in [5, 5.41) is 20.9. The van der Waals surface area contributed by atoms with E-state index in [9.17, 15) is 36.6 Å². The highest BCUT2D eigenvalue weighted by atomic mass is 19.4. The third kappa shape index (κ3) is 2.27. The quantitative estimate of drug-likeness (QED) is 0.520. The fourth-order valence-electron chi connectivity index (χ4n) is 2.28. The molecule has 0 saturated carbocycles. The van der Waals surface area contributed by atoms with Gasteiger partial charge in [0, 0.05) is 17.1 Å². The first-order chi connectivity index (χ1) is 10.9. The van der Waals surface area contributed by atoms with Crippen molar-refractivity contribution in [2.75, 3.05) is 0 Å². The molecule has 3 aromatic rings. The molecule has 0 spiro atoms. The van der Waals surface area contributed by atoms with Crippen LogP contribution in [0.3, 0.4) is 0 Å². The van der Waals surface area contributed by atoms with Crippen LogP contribution in [0.1, 0.15) is 11.3 Å². The number of aromatic nitrogens is 2. The summed E-state index contributed by atoms with van der Waals surface area (Å²) in [7, 11) is 0. The van der Waals surface area contributed by atoms with Gasteiger partial charge in [0.15, 0.2) is 0 Å². The number of nitrogens with zero attached hydrogens (tertiary/aromatic N) is 2. The molecule has 2 N–H and O–H groups in total. The van der Waals surface area contributed by atoms with Crippen LogP contribution in [0.2, 0.25) is 0 Å². The Balaban J connectivity index is 2.48. The van der Waals surface area contributed by atoms with Crippen LogP contribution in [0.4, 0.5) is 26.3 Å². The lowest BCUT2D eigenvalue weighted by molar-refractivity contribution is -0.357. The molecule has 0 bridgehead atoms. The molecular formula is C13H6F6N2O3. The molecule has 0 radical (unpaired) electrons. The number of hydrogen-bond donors (Lipinski definition) is 2. The van der Waals surface area contributed by atoms with Gasteiger partial charge < -0.3 is 14.7 Å². The molecule has 11 heteroatoms. The number of fused-ring (bicyclic) bond motifs is 3. The highest BCUT2D eigenvalue weighted by Gasteiger charge is 2.55. The Hall–Kier alpha value is -2.40. The molecule has 0 amide bonds. The summed E-state index contributed by atoms with van der Waals surface area (Å²) in [6, 6.07) is 2.58. The molecule has 128 valence electrons. The van der Waals surface area contributed by atoms with Gasteiger partial charge in [0.1, 0.15) is 11.0 Å². The standard InChI is InChI=1S/C13H6F6N2O3/c14-12(15,16)10-6-4-7(11(22,23)13(17,18)19)5-2-1-3-20-8(5)9(6)21-24-10/h1-4,22-23H. The number of aliphatic hydroxyl groups is 2. The minimum Gasteiger partial charge on any atom is -0.355 e. The molecule has 5 nitrogen and oxygen atoms in total. The molecule has 0 aliphatic carbocycles. The highest BCUT2D eigenvalue weighted by molar-refractivity contribution is 6.05. The van der Waals surface area contributed by atoms with E-state index < -0.39 is 45.8 Å². The Bertz CT molecular complexity index is 929. The zero-order chi connectivity index (χ0) is 17.9. The van der Waals surface area contributed by atoms with Crippen molar-refractivity contribution in [2.24, 2.45) is 0 Å². The Kier molecular flexibility index (Phi) is 3.29. The molecule has 1 aromatic carbocycles. The largest absolute Gasteiger partial charge is 0.453 e. The average molecular weight is 352 g/mol. The van der Waals surface area contributed by atoms with Crippen molar-refractivity contribution >= 4 is 21.8 Å². The van der Waals surface area contributed by atoms with E-state index in [0.717, 1.165) is 12.3 Å². The average Bonchev–Trinajstić information content (AvgIpc) is 2.89. The zero-order valence-electron chi connectivity index (χ0n) is 11.3. The summed E-state index contributed by atoms with van der Waals surface area (Å²) < 4.78 is 81.7. The summed E-state index contributed by atoms with van der Waals surface area (Å²) in [6.07, 6.45) is -9.49. The minimum atomic E-state index is -5.56. The maximum Gasteiger partial charge on any atom is 0.453 e. The Morgan fingerprint density at radius 2 is 1.62 bits per heavy atom. The first-order valence-electron chi connectivity index (χ1n) is 6.21. The molecule has 0 atom stereocenters. The second-order valence-electron chi connectivity index (χ2n) is 4.90. The van der Waals surface area contributed by atoms with Gasteiger partial charge in [0.2, 0.25) is 5.76 Å². The van der Waals surface area contributed by atoms with E-state index in [1.54, 1.807) is 0 Å². The fraction of sp³-hybridized carbons (Fsp3) is 0.231. The lowest BCUT2D eigenvalue weighted by atomic mass is 9.97. The van der Waals surface area contributed by atoms with Crippen LogP contribution in [0, 0.1) is 0 Å². The summed E-state index contributed by atoms with van der Waals surface area (Å²) in [5.41, 5.74) is -2.04. The molecule has 0 saturated heterocycles. The second kappa shape index (κ2) is 4.80. The van der Waals surface area contributed by atoms with Crippen molar-refractivity contribution in [1.29, 1.82) is 0 Å². The number of benzene rings is 1. The minimum absolute atomic E-state index is 0.339. The molecule has 24 heavy (non-hydrogen) atoms. The van der Waals surface area contributed by atoms with Crippen LogP contribution in [0.25, 0.3) is 21.8 Å². The maximum atomic E-state index is 12.9. The third-order valence-electron chi connectivity index (χ3n) is 3.37. The van der Waals surface area contributed by atoms with Crippen LogP contribution in [-0.4, -0.2) is 26.5 Å². The van der Waals surface area contributed by atoms with Crippen molar-refractivity contribution in [3.8, 4) is 0 Å². The number of rotatable bonds is 1. The van der Waals surface area contributed by atoms with Crippen LogP contribution in [0.15, 0.2) is 28.9 Å². The van der Waals surface area contributed by atoms with Crippen molar-refractivity contribution in [2.45, 2.75) is 18.1 Å². The van der Waals surface area contributed by atoms with Gasteiger partial charge in [0.25, 0.3) is 5.79 Å². The van der Waals surface area contributed by atoms with Gasteiger partial charge in [-0.25, -0.2) is 0 Å². The van der Waals surface area contributed by atoms with Crippen molar-refractivity contribution in [3.05, 3.63) is 35.7 Å². The van der Waals surface area contributed by atoms with Crippen LogP contribution >= 0.6 is 0 Å². The van der Waals surface area contributed by atoms with Gasteiger partial charge in [-0.15, -0.1) is 0 Å². The molecule has 0 aliphatic rings. The lowest BCUT2D eigenvalue weighted by Crippen LogP contribution is -2.42.